The number of amides is 3. The van der Waals surface area contributed by atoms with E-state index >= 15 is 0 Å². The zero-order valence-corrected chi connectivity index (χ0v) is 15.5. The van der Waals surface area contributed by atoms with E-state index in [4.69, 9.17) is 9.47 Å². The molecule has 1 saturated carbocycles. The fourth-order valence-electron chi connectivity index (χ4n) is 2.88. The highest BCUT2D eigenvalue weighted by Crippen LogP contribution is 2.19. The third kappa shape index (κ3) is 7.52. The van der Waals surface area contributed by atoms with Crippen molar-refractivity contribution in [2.75, 3.05) is 13.2 Å². The van der Waals surface area contributed by atoms with E-state index in [1.165, 1.54) is 12.5 Å². The highest BCUT2D eigenvalue weighted by molar-refractivity contribution is 5.96. The van der Waals surface area contributed by atoms with Crippen molar-refractivity contribution in [1.82, 2.24) is 10.6 Å². The number of carbonyl (C=O) groups is 3. The maximum absolute atomic E-state index is 11.8. The first-order valence-electron chi connectivity index (χ1n) is 9.25. The molecule has 0 heterocycles. The van der Waals surface area contributed by atoms with Gasteiger partial charge in [-0.05, 0) is 31.9 Å². The van der Waals surface area contributed by atoms with Gasteiger partial charge in [-0.1, -0.05) is 37.5 Å². The Bertz CT molecular complexity index is 681. The summed E-state index contributed by atoms with van der Waals surface area (Å²) < 4.78 is 10.3. The molecular formula is C20H26N2O5. The summed E-state index contributed by atoms with van der Waals surface area (Å²) in [5, 5.41) is 4.93. The average Bonchev–Trinajstić information content (AvgIpc) is 2.66. The smallest absolute Gasteiger partial charge is 0.331 e. The zero-order chi connectivity index (χ0) is 19.5. The summed E-state index contributed by atoms with van der Waals surface area (Å²) in [7, 11) is 0. The van der Waals surface area contributed by atoms with Gasteiger partial charge in [-0.2, -0.15) is 0 Å². The maximum atomic E-state index is 11.8. The van der Waals surface area contributed by atoms with E-state index in [0.29, 0.717) is 12.4 Å². The molecule has 1 aromatic carbocycles. The molecular weight excluding hydrogens is 348 g/mol. The van der Waals surface area contributed by atoms with Crippen molar-refractivity contribution < 1.29 is 23.9 Å². The monoisotopic (exact) mass is 374 g/mol. The van der Waals surface area contributed by atoms with Crippen molar-refractivity contribution in [3.05, 3.63) is 35.9 Å². The lowest BCUT2D eigenvalue weighted by Crippen LogP contribution is -2.46. The lowest BCUT2D eigenvalue weighted by molar-refractivity contribution is -0.143. The Morgan fingerprint density at radius 2 is 1.89 bits per heavy atom. The predicted octanol–water partition coefficient (Wildman–Crippen LogP) is 2.80. The van der Waals surface area contributed by atoms with Crippen LogP contribution in [-0.2, 0) is 14.3 Å². The van der Waals surface area contributed by atoms with Crippen molar-refractivity contribution in [2.45, 2.75) is 45.1 Å². The van der Waals surface area contributed by atoms with Gasteiger partial charge in [0, 0.05) is 17.7 Å². The SMILES string of the molecule is CCOc1ccccc1C=CC(=O)OCC(=O)NC(=O)NC1CCCCC1. The molecule has 2 N–H and O–H groups in total. The van der Waals surface area contributed by atoms with Crippen LogP contribution in [0.3, 0.4) is 0 Å². The minimum Gasteiger partial charge on any atom is -0.493 e. The minimum absolute atomic E-state index is 0.0995. The van der Waals surface area contributed by atoms with Crippen LogP contribution in [0.2, 0.25) is 0 Å². The van der Waals surface area contributed by atoms with Crippen molar-refractivity contribution in [1.29, 1.82) is 0 Å². The van der Waals surface area contributed by atoms with Crippen LogP contribution in [0.25, 0.3) is 6.08 Å². The number of urea groups is 1. The Labute approximate surface area is 159 Å². The Kier molecular flexibility index (Phi) is 8.35. The molecule has 0 radical (unpaired) electrons. The number of imide groups is 1. The molecule has 7 heteroatoms. The fraction of sp³-hybridized carbons (Fsp3) is 0.450. The minimum atomic E-state index is -0.677. The van der Waals surface area contributed by atoms with Crippen LogP contribution >= 0.6 is 0 Å². The Morgan fingerprint density at radius 1 is 1.15 bits per heavy atom. The molecule has 0 spiro atoms. The number of ether oxygens (including phenoxy) is 2. The van der Waals surface area contributed by atoms with Gasteiger partial charge in [0.05, 0.1) is 6.61 Å². The lowest BCUT2D eigenvalue weighted by Gasteiger charge is -2.22. The van der Waals surface area contributed by atoms with Crippen molar-refractivity contribution in [3.8, 4) is 5.75 Å². The van der Waals surface area contributed by atoms with Crippen LogP contribution in [0.15, 0.2) is 30.3 Å². The van der Waals surface area contributed by atoms with Gasteiger partial charge in [-0.15, -0.1) is 0 Å². The molecule has 1 fully saturated rings. The number of para-hydroxylation sites is 1. The molecule has 146 valence electrons. The first kappa shape index (κ1) is 20.5. The van der Waals surface area contributed by atoms with Gasteiger partial charge in [0.15, 0.2) is 6.61 Å². The van der Waals surface area contributed by atoms with E-state index in [2.05, 4.69) is 10.6 Å². The Hall–Kier alpha value is -2.83. The van der Waals surface area contributed by atoms with Gasteiger partial charge in [-0.25, -0.2) is 9.59 Å². The normalized spacial score (nSPS) is 14.6. The topological polar surface area (TPSA) is 93.7 Å². The van der Waals surface area contributed by atoms with E-state index in [-0.39, 0.29) is 6.04 Å². The van der Waals surface area contributed by atoms with Crippen LogP contribution in [0.1, 0.15) is 44.6 Å². The largest absolute Gasteiger partial charge is 0.493 e. The third-order valence-corrected chi connectivity index (χ3v) is 4.16. The van der Waals surface area contributed by atoms with E-state index in [0.717, 1.165) is 31.2 Å². The lowest BCUT2D eigenvalue weighted by atomic mass is 9.96. The molecule has 0 aliphatic heterocycles. The number of carbonyl (C=O) groups excluding carboxylic acids is 3. The second-order valence-corrected chi connectivity index (χ2v) is 6.27. The van der Waals surface area contributed by atoms with Gasteiger partial charge >= 0.3 is 12.0 Å². The number of hydrogen-bond donors (Lipinski definition) is 2. The van der Waals surface area contributed by atoms with E-state index in [1.807, 2.05) is 19.1 Å². The molecule has 0 atom stereocenters. The zero-order valence-electron chi connectivity index (χ0n) is 15.5. The molecule has 1 aliphatic carbocycles. The Morgan fingerprint density at radius 3 is 2.63 bits per heavy atom. The second kappa shape index (κ2) is 11.0. The summed E-state index contributed by atoms with van der Waals surface area (Å²) in [5.41, 5.74) is 0.729. The van der Waals surface area contributed by atoms with Gasteiger partial charge in [0.25, 0.3) is 5.91 Å². The summed E-state index contributed by atoms with van der Waals surface area (Å²) in [6.07, 6.45) is 7.95. The standard InChI is InChI=1S/C20H26N2O5/c1-2-26-17-11-7-6-8-15(17)12-13-19(24)27-14-18(23)22-20(25)21-16-9-4-3-5-10-16/h6-8,11-13,16H,2-5,9-10,14H2,1H3,(H2,21,22,23,25). The molecule has 0 saturated heterocycles. The molecule has 3 amide bonds. The summed E-state index contributed by atoms with van der Waals surface area (Å²) in [4.78, 5) is 35.2. The van der Waals surface area contributed by atoms with Gasteiger partial charge in [0.1, 0.15) is 5.75 Å². The number of hydrogen-bond acceptors (Lipinski definition) is 5. The van der Waals surface area contributed by atoms with Crippen LogP contribution in [0.5, 0.6) is 5.75 Å². The van der Waals surface area contributed by atoms with Crippen LogP contribution in [0, 0.1) is 0 Å². The van der Waals surface area contributed by atoms with Crippen LogP contribution in [0.4, 0.5) is 4.79 Å². The molecule has 7 nitrogen and oxygen atoms in total. The molecule has 0 bridgehead atoms. The van der Waals surface area contributed by atoms with Crippen molar-refractivity contribution in [2.24, 2.45) is 0 Å². The number of esters is 1. The van der Waals surface area contributed by atoms with E-state index in [1.54, 1.807) is 18.2 Å². The molecule has 0 unspecified atom stereocenters. The predicted molar refractivity (Wildman–Crippen MR) is 101 cm³/mol. The molecule has 0 aromatic heterocycles. The maximum Gasteiger partial charge on any atom is 0.331 e. The van der Waals surface area contributed by atoms with Crippen LogP contribution < -0.4 is 15.4 Å². The second-order valence-electron chi connectivity index (χ2n) is 6.27. The van der Waals surface area contributed by atoms with E-state index < -0.39 is 24.5 Å². The number of benzene rings is 1. The first-order chi connectivity index (χ1) is 13.1. The van der Waals surface area contributed by atoms with Crippen LogP contribution in [-0.4, -0.2) is 37.2 Å². The van der Waals surface area contributed by atoms with Gasteiger partial charge in [-0.3, -0.25) is 10.1 Å². The van der Waals surface area contributed by atoms with Crippen molar-refractivity contribution in [3.63, 3.8) is 0 Å². The number of rotatable bonds is 7. The molecule has 2 rings (SSSR count). The molecule has 1 aliphatic rings. The molecule has 27 heavy (non-hydrogen) atoms. The van der Waals surface area contributed by atoms with Gasteiger partial charge < -0.3 is 14.8 Å². The molecule has 1 aromatic rings. The third-order valence-electron chi connectivity index (χ3n) is 4.16. The highest BCUT2D eigenvalue weighted by atomic mass is 16.5. The van der Waals surface area contributed by atoms with E-state index in [9.17, 15) is 14.4 Å². The summed E-state index contributed by atoms with van der Waals surface area (Å²) in [6.45, 7) is 1.87. The summed E-state index contributed by atoms with van der Waals surface area (Å²) in [6, 6.07) is 6.81. The Balaban J connectivity index is 1.73. The van der Waals surface area contributed by atoms with Crippen molar-refractivity contribution >= 4 is 24.0 Å². The summed E-state index contributed by atoms with van der Waals surface area (Å²) >= 11 is 0. The first-order valence-corrected chi connectivity index (χ1v) is 9.25. The quantitative estimate of drug-likeness (QED) is 0.565. The average molecular weight is 374 g/mol. The number of nitrogens with one attached hydrogen (secondary N) is 2. The fourth-order valence-corrected chi connectivity index (χ4v) is 2.88. The van der Waals surface area contributed by atoms with Gasteiger partial charge in [0.2, 0.25) is 0 Å². The highest BCUT2D eigenvalue weighted by Gasteiger charge is 2.17. The summed E-state index contributed by atoms with van der Waals surface area (Å²) in [5.74, 6) is -0.690.